The summed E-state index contributed by atoms with van der Waals surface area (Å²) in [5.74, 6) is -3.99. The van der Waals surface area contributed by atoms with Crippen LogP contribution in [0.1, 0.15) is 25.7 Å². The molecule has 0 aliphatic heterocycles. The van der Waals surface area contributed by atoms with Gasteiger partial charge in [-0.1, -0.05) is 0 Å². The fourth-order valence-electron chi connectivity index (χ4n) is 1.97. The first kappa shape index (κ1) is 25.3. The Morgan fingerprint density at radius 3 is 0.840 bits per heavy atom. The average molecular weight is 385 g/mol. The monoisotopic (exact) mass is 384 g/mol. The highest BCUT2D eigenvalue weighted by molar-refractivity contribution is 5.85. The quantitative estimate of drug-likeness (QED) is 0.301. The molecule has 0 atom stereocenters. The van der Waals surface area contributed by atoms with E-state index in [0.717, 1.165) is 0 Å². The first-order valence-electron chi connectivity index (χ1n) is 7.52. The maximum absolute atomic E-state index is 10.7. The molecule has 25 heavy (non-hydrogen) atoms. The highest BCUT2D eigenvalue weighted by atomic mass is 35.5. The van der Waals surface area contributed by atoms with E-state index in [9.17, 15) is 19.2 Å². The summed E-state index contributed by atoms with van der Waals surface area (Å²) in [6, 6.07) is 0. The van der Waals surface area contributed by atoms with Gasteiger partial charge in [-0.3, -0.25) is 19.2 Å². The average Bonchev–Trinajstić information content (AvgIpc) is 2.47. The number of carboxylic acid groups (broad SMARTS) is 4. The van der Waals surface area contributed by atoms with E-state index in [1.165, 1.54) is 0 Å². The third-order valence-corrected chi connectivity index (χ3v) is 3.30. The lowest BCUT2D eigenvalue weighted by atomic mass is 10.3. The molecule has 0 unspecified atom stereocenters. The van der Waals surface area contributed by atoms with Crippen molar-refractivity contribution in [1.29, 1.82) is 0 Å². The minimum Gasteiger partial charge on any atom is -0.481 e. The van der Waals surface area contributed by atoms with Gasteiger partial charge in [0.15, 0.2) is 0 Å². The van der Waals surface area contributed by atoms with E-state index in [-0.39, 0.29) is 64.3 Å². The molecule has 0 aromatic rings. The smallest absolute Gasteiger partial charge is 0.304 e. The highest BCUT2D eigenvalue weighted by Crippen LogP contribution is 2.00. The molecule has 0 heterocycles. The van der Waals surface area contributed by atoms with Crippen LogP contribution >= 0.6 is 12.4 Å². The minimum atomic E-state index is -0.996. The molecule has 0 aliphatic carbocycles. The lowest BCUT2D eigenvalue weighted by molar-refractivity contribution is -0.139. The number of nitrogens with zero attached hydrogens (tertiary/aromatic N) is 2. The SMILES string of the molecule is Cl.O=C(O)CCN(CCC(=O)O)CCN(CCC(=O)O)CCC(=O)O. The van der Waals surface area contributed by atoms with Gasteiger partial charge in [0, 0.05) is 39.3 Å². The lowest BCUT2D eigenvalue weighted by Gasteiger charge is -2.26. The van der Waals surface area contributed by atoms with Crippen LogP contribution in [0.25, 0.3) is 0 Å². The highest BCUT2D eigenvalue weighted by Gasteiger charge is 2.14. The Bertz CT molecular complexity index is 371. The molecule has 0 saturated heterocycles. The van der Waals surface area contributed by atoms with Gasteiger partial charge in [0.25, 0.3) is 0 Å². The molecule has 0 rings (SSSR count). The second-order valence-electron chi connectivity index (χ2n) is 5.26. The van der Waals surface area contributed by atoms with E-state index < -0.39 is 23.9 Å². The maximum Gasteiger partial charge on any atom is 0.304 e. The predicted molar refractivity (Wildman–Crippen MR) is 89.1 cm³/mol. The van der Waals surface area contributed by atoms with Gasteiger partial charge in [0.1, 0.15) is 0 Å². The van der Waals surface area contributed by atoms with Gasteiger partial charge in [0.2, 0.25) is 0 Å². The molecule has 10 nitrogen and oxygen atoms in total. The van der Waals surface area contributed by atoms with Crippen molar-refractivity contribution in [3.05, 3.63) is 0 Å². The van der Waals surface area contributed by atoms with Gasteiger partial charge < -0.3 is 30.2 Å². The van der Waals surface area contributed by atoms with E-state index in [4.69, 9.17) is 20.4 Å². The zero-order valence-corrected chi connectivity index (χ0v) is 14.6. The molecule has 0 spiro atoms. The molecule has 0 aromatic carbocycles. The molecule has 146 valence electrons. The number of halogens is 1. The largest absolute Gasteiger partial charge is 0.481 e. The Labute approximate surface area is 151 Å². The van der Waals surface area contributed by atoms with Crippen molar-refractivity contribution in [1.82, 2.24) is 9.80 Å². The Hall–Kier alpha value is -1.91. The van der Waals surface area contributed by atoms with Crippen molar-refractivity contribution in [2.24, 2.45) is 0 Å². The molecule has 0 fully saturated rings. The zero-order valence-electron chi connectivity index (χ0n) is 13.8. The molecule has 4 N–H and O–H groups in total. The Morgan fingerprint density at radius 1 is 0.480 bits per heavy atom. The van der Waals surface area contributed by atoms with Crippen LogP contribution in [0.15, 0.2) is 0 Å². The first-order chi connectivity index (χ1) is 11.2. The molecule has 11 heteroatoms. The van der Waals surface area contributed by atoms with E-state index in [2.05, 4.69) is 0 Å². The minimum absolute atomic E-state index is 0. The van der Waals surface area contributed by atoms with Gasteiger partial charge in [-0.05, 0) is 0 Å². The van der Waals surface area contributed by atoms with Gasteiger partial charge >= 0.3 is 23.9 Å². The van der Waals surface area contributed by atoms with Crippen molar-refractivity contribution in [3.8, 4) is 0 Å². The molecular formula is C14H25ClN2O8. The molecule has 0 amide bonds. The third-order valence-electron chi connectivity index (χ3n) is 3.30. The number of carbonyl (C=O) groups is 4. The normalized spacial score (nSPS) is 10.5. The summed E-state index contributed by atoms with van der Waals surface area (Å²) in [5.41, 5.74) is 0. The fourth-order valence-corrected chi connectivity index (χ4v) is 1.97. The molecule has 0 aliphatic rings. The van der Waals surface area contributed by atoms with Crippen molar-refractivity contribution < 1.29 is 39.6 Å². The molecule has 0 saturated carbocycles. The van der Waals surface area contributed by atoms with Crippen molar-refractivity contribution in [2.75, 3.05) is 39.3 Å². The standard InChI is InChI=1S/C14H24N2O8.ClH/c17-11(18)1-5-15(6-2-12(19)20)9-10-16(7-3-13(21)22)8-4-14(23)24;/h1-10H2,(H,17,18)(H,19,20)(H,21,22)(H,23,24);1H. The second-order valence-corrected chi connectivity index (χ2v) is 5.26. The van der Waals surface area contributed by atoms with Gasteiger partial charge in [-0.2, -0.15) is 0 Å². The summed E-state index contributed by atoms with van der Waals surface area (Å²) >= 11 is 0. The van der Waals surface area contributed by atoms with Crippen molar-refractivity contribution in [2.45, 2.75) is 25.7 Å². The van der Waals surface area contributed by atoms with E-state index in [1.807, 2.05) is 0 Å². The molecule has 0 radical (unpaired) electrons. The lowest BCUT2D eigenvalue weighted by Crippen LogP contribution is -2.39. The topological polar surface area (TPSA) is 156 Å². The Balaban J connectivity index is 0. The van der Waals surface area contributed by atoms with E-state index >= 15 is 0 Å². The summed E-state index contributed by atoms with van der Waals surface area (Å²) in [6.07, 6.45) is -0.540. The summed E-state index contributed by atoms with van der Waals surface area (Å²) in [5, 5.41) is 34.9. The predicted octanol–water partition coefficient (Wildman–Crippen LogP) is -0.0890. The Kier molecular flexibility index (Phi) is 14.6. The van der Waals surface area contributed by atoms with Crippen molar-refractivity contribution in [3.63, 3.8) is 0 Å². The number of aliphatic carboxylic acids is 4. The third kappa shape index (κ3) is 16.7. The summed E-state index contributed by atoms with van der Waals surface area (Å²) < 4.78 is 0. The van der Waals surface area contributed by atoms with Crippen LogP contribution in [0.2, 0.25) is 0 Å². The van der Waals surface area contributed by atoms with Gasteiger partial charge in [0.05, 0.1) is 25.7 Å². The van der Waals surface area contributed by atoms with Crippen LogP contribution in [0.4, 0.5) is 0 Å². The fraction of sp³-hybridized carbons (Fsp3) is 0.714. The number of carboxylic acids is 4. The number of hydrogen-bond donors (Lipinski definition) is 4. The van der Waals surface area contributed by atoms with Crippen LogP contribution < -0.4 is 0 Å². The number of rotatable bonds is 15. The van der Waals surface area contributed by atoms with Crippen molar-refractivity contribution >= 4 is 36.3 Å². The van der Waals surface area contributed by atoms with E-state index in [0.29, 0.717) is 13.1 Å². The summed E-state index contributed by atoms with van der Waals surface area (Å²) in [6.45, 7) is 1.37. The maximum atomic E-state index is 10.7. The molecule has 0 aromatic heterocycles. The first-order valence-corrected chi connectivity index (χ1v) is 7.52. The van der Waals surface area contributed by atoms with Crippen LogP contribution in [-0.4, -0.2) is 93.4 Å². The van der Waals surface area contributed by atoms with E-state index in [1.54, 1.807) is 9.80 Å². The Morgan fingerprint density at radius 2 is 0.680 bits per heavy atom. The summed E-state index contributed by atoms with van der Waals surface area (Å²) in [7, 11) is 0. The summed E-state index contributed by atoms with van der Waals surface area (Å²) in [4.78, 5) is 45.9. The van der Waals surface area contributed by atoms with Crippen LogP contribution in [0.5, 0.6) is 0 Å². The van der Waals surface area contributed by atoms with Crippen LogP contribution in [-0.2, 0) is 19.2 Å². The van der Waals surface area contributed by atoms with Gasteiger partial charge in [-0.25, -0.2) is 0 Å². The van der Waals surface area contributed by atoms with Gasteiger partial charge in [-0.15, -0.1) is 12.4 Å². The second kappa shape index (κ2) is 14.4. The van der Waals surface area contributed by atoms with Crippen LogP contribution in [0, 0.1) is 0 Å². The number of hydrogen-bond acceptors (Lipinski definition) is 6. The zero-order chi connectivity index (χ0) is 18.5. The molecule has 0 bridgehead atoms. The van der Waals surface area contributed by atoms with Crippen LogP contribution in [0.3, 0.4) is 0 Å². The molecular weight excluding hydrogens is 360 g/mol.